The van der Waals surface area contributed by atoms with Gasteiger partial charge in [-0.25, -0.2) is 0 Å². The maximum absolute atomic E-state index is 12.0. The highest BCUT2D eigenvalue weighted by Gasteiger charge is 2.21. The van der Waals surface area contributed by atoms with Gasteiger partial charge in [0.2, 0.25) is 0 Å². The van der Waals surface area contributed by atoms with E-state index >= 15 is 0 Å². The van der Waals surface area contributed by atoms with Crippen LogP contribution in [0.5, 0.6) is 0 Å². The Morgan fingerprint density at radius 3 is 2.62 bits per heavy atom. The molecular weight excluding hydrogens is 200 g/mol. The number of para-hydroxylation sites is 2. The van der Waals surface area contributed by atoms with Crippen molar-refractivity contribution in [3.05, 3.63) is 47.7 Å². The maximum atomic E-state index is 12.0. The third kappa shape index (κ3) is 1.41. The second-order valence-electron chi connectivity index (χ2n) is 3.96. The summed E-state index contributed by atoms with van der Waals surface area (Å²) < 4.78 is 0. The van der Waals surface area contributed by atoms with Crippen LogP contribution in [-0.2, 0) is 4.79 Å². The number of nitrogens with one attached hydrogen (secondary N) is 2. The lowest BCUT2D eigenvalue weighted by atomic mass is 10.0. The van der Waals surface area contributed by atoms with Crippen molar-refractivity contribution in [2.75, 3.05) is 10.6 Å². The molecule has 16 heavy (non-hydrogen) atoms. The van der Waals surface area contributed by atoms with E-state index in [-0.39, 0.29) is 5.91 Å². The van der Waals surface area contributed by atoms with Crippen LogP contribution in [0.15, 0.2) is 47.7 Å². The van der Waals surface area contributed by atoms with Crippen LogP contribution in [0.3, 0.4) is 0 Å². The molecule has 2 aliphatic rings. The Bertz CT molecular complexity index is 514. The van der Waals surface area contributed by atoms with Crippen molar-refractivity contribution in [3.63, 3.8) is 0 Å². The molecule has 0 fully saturated rings. The molecule has 1 aromatic rings. The first-order chi connectivity index (χ1) is 7.84. The predicted octanol–water partition coefficient (Wildman–Crippen LogP) is 2.65. The Hall–Kier alpha value is -2.03. The van der Waals surface area contributed by atoms with Crippen molar-refractivity contribution in [1.82, 2.24) is 0 Å². The molecule has 1 amide bonds. The lowest BCUT2D eigenvalue weighted by Crippen LogP contribution is -2.15. The second kappa shape index (κ2) is 3.52. The van der Waals surface area contributed by atoms with Crippen molar-refractivity contribution in [3.8, 4) is 0 Å². The van der Waals surface area contributed by atoms with Crippen LogP contribution in [0.4, 0.5) is 11.4 Å². The molecule has 1 aromatic carbocycles. The smallest absolute Gasteiger partial charge is 0.253 e. The van der Waals surface area contributed by atoms with Gasteiger partial charge < -0.3 is 10.6 Å². The number of carbonyl (C=O) groups excluding carboxylic acids is 1. The quantitative estimate of drug-likeness (QED) is 0.694. The van der Waals surface area contributed by atoms with E-state index in [1.165, 1.54) is 0 Å². The van der Waals surface area contributed by atoms with Gasteiger partial charge in [-0.05, 0) is 31.1 Å². The van der Waals surface area contributed by atoms with Crippen LogP contribution >= 0.6 is 0 Å². The molecule has 0 saturated heterocycles. The lowest BCUT2D eigenvalue weighted by Gasteiger charge is -2.12. The highest BCUT2D eigenvalue weighted by atomic mass is 16.1. The van der Waals surface area contributed by atoms with Gasteiger partial charge in [-0.2, -0.15) is 0 Å². The average molecular weight is 212 g/mol. The number of benzene rings is 1. The summed E-state index contributed by atoms with van der Waals surface area (Å²) in [5.74, 6) is 0.0109. The van der Waals surface area contributed by atoms with Gasteiger partial charge in [0.25, 0.3) is 5.91 Å². The number of hydrogen-bond donors (Lipinski definition) is 2. The molecule has 0 bridgehead atoms. The van der Waals surface area contributed by atoms with Crippen molar-refractivity contribution >= 4 is 17.3 Å². The number of amides is 1. The Kier molecular flexibility index (Phi) is 2.03. The minimum atomic E-state index is 0.0109. The van der Waals surface area contributed by atoms with E-state index in [9.17, 15) is 4.79 Å². The van der Waals surface area contributed by atoms with Crippen molar-refractivity contribution in [1.29, 1.82) is 0 Å². The molecule has 0 atom stereocenters. The van der Waals surface area contributed by atoms with Crippen molar-refractivity contribution < 1.29 is 4.79 Å². The Labute approximate surface area is 93.9 Å². The summed E-state index contributed by atoms with van der Waals surface area (Å²) in [4.78, 5) is 12.0. The van der Waals surface area contributed by atoms with Gasteiger partial charge in [0.15, 0.2) is 0 Å². The van der Waals surface area contributed by atoms with Gasteiger partial charge in [-0.1, -0.05) is 18.2 Å². The second-order valence-corrected chi connectivity index (χ2v) is 3.96. The first-order valence-electron chi connectivity index (χ1n) is 5.42. The van der Waals surface area contributed by atoms with E-state index in [1.54, 1.807) is 0 Å². The summed E-state index contributed by atoms with van der Waals surface area (Å²) in [6.07, 6.45) is 5.82. The van der Waals surface area contributed by atoms with E-state index in [0.29, 0.717) is 0 Å². The third-order valence-electron chi connectivity index (χ3n) is 2.89. The van der Waals surface area contributed by atoms with Crippen LogP contribution < -0.4 is 10.6 Å². The van der Waals surface area contributed by atoms with Gasteiger partial charge in [0, 0.05) is 11.3 Å². The molecular formula is C13H12N2O. The van der Waals surface area contributed by atoms with Crippen molar-refractivity contribution in [2.45, 2.75) is 12.8 Å². The molecule has 1 aliphatic heterocycles. The van der Waals surface area contributed by atoms with E-state index in [1.807, 2.05) is 30.3 Å². The van der Waals surface area contributed by atoms with Gasteiger partial charge in [-0.15, -0.1) is 0 Å². The monoisotopic (exact) mass is 212 g/mol. The predicted molar refractivity (Wildman–Crippen MR) is 64.1 cm³/mol. The highest BCUT2D eigenvalue weighted by molar-refractivity contribution is 6.08. The lowest BCUT2D eigenvalue weighted by molar-refractivity contribution is -0.113. The summed E-state index contributed by atoms with van der Waals surface area (Å²) >= 11 is 0. The fraction of sp³-hybridized carbons (Fsp3) is 0.154. The van der Waals surface area contributed by atoms with E-state index in [2.05, 4.69) is 16.7 Å². The molecule has 2 N–H and O–H groups in total. The third-order valence-corrected chi connectivity index (χ3v) is 2.89. The molecule has 3 heteroatoms. The number of allylic oxidation sites excluding steroid dienone is 2. The zero-order valence-electron chi connectivity index (χ0n) is 8.79. The Morgan fingerprint density at radius 1 is 1.06 bits per heavy atom. The standard InChI is InChI=1S/C13H12N2O/c16-13-9-5-1-2-6-10(9)14-11-7-3-4-8-12(11)15-13/h2-4,6-8,14H,1,5H2,(H,15,16). The molecule has 0 radical (unpaired) electrons. The average Bonchev–Trinajstić information content (AvgIpc) is 2.45. The molecule has 3 nitrogen and oxygen atoms in total. The highest BCUT2D eigenvalue weighted by Crippen LogP contribution is 2.30. The van der Waals surface area contributed by atoms with Gasteiger partial charge in [-0.3, -0.25) is 4.79 Å². The zero-order valence-corrected chi connectivity index (χ0v) is 8.79. The molecule has 0 unspecified atom stereocenters. The zero-order chi connectivity index (χ0) is 11.0. The molecule has 3 rings (SSSR count). The topological polar surface area (TPSA) is 41.1 Å². The first-order valence-corrected chi connectivity index (χ1v) is 5.42. The molecule has 0 saturated carbocycles. The van der Waals surface area contributed by atoms with Gasteiger partial charge in [0.1, 0.15) is 0 Å². The number of anilines is 2. The summed E-state index contributed by atoms with van der Waals surface area (Å²) in [6, 6.07) is 7.74. The normalized spacial score (nSPS) is 18.1. The van der Waals surface area contributed by atoms with Crippen LogP contribution in [0.1, 0.15) is 12.8 Å². The number of carbonyl (C=O) groups is 1. The first kappa shape index (κ1) is 9.21. The Balaban J connectivity index is 2.10. The van der Waals surface area contributed by atoms with E-state index < -0.39 is 0 Å². The van der Waals surface area contributed by atoms with Crippen molar-refractivity contribution in [2.24, 2.45) is 0 Å². The maximum Gasteiger partial charge on any atom is 0.253 e. The fourth-order valence-electron chi connectivity index (χ4n) is 2.06. The molecule has 1 aliphatic carbocycles. The summed E-state index contributed by atoms with van der Waals surface area (Å²) in [5, 5.41) is 6.23. The molecule has 1 heterocycles. The minimum Gasteiger partial charge on any atom is -0.353 e. The van der Waals surface area contributed by atoms with Gasteiger partial charge >= 0.3 is 0 Å². The van der Waals surface area contributed by atoms with E-state index in [0.717, 1.165) is 35.5 Å². The van der Waals surface area contributed by atoms with Crippen LogP contribution in [0, 0.1) is 0 Å². The minimum absolute atomic E-state index is 0.0109. The Morgan fingerprint density at radius 2 is 1.81 bits per heavy atom. The molecule has 0 aromatic heterocycles. The summed E-state index contributed by atoms with van der Waals surface area (Å²) in [7, 11) is 0. The van der Waals surface area contributed by atoms with Gasteiger partial charge in [0.05, 0.1) is 11.4 Å². The number of fused-ring (bicyclic) bond motifs is 1. The van der Waals surface area contributed by atoms with Crippen LogP contribution in [-0.4, -0.2) is 5.91 Å². The largest absolute Gasteiger partial charge is 0.353 e. The van der Waals surface area contributed by atoms with Crippen LogP contribution in [0.25, 0.3) is 0 Å². The van der Waals surface area contributed by atoms with Crippen LogP contribution in [0.2, 0.25) is 0 Å². The summed E-state index contributed by atoms with van der Waals surface area (Å²) in [5.41, 5.74) is 3.56. The fourth-order valence-corrected chi connectivity index (χ4v) is 2.06. The van der Waals surface area contributed by atoms with E-state index in [4.69, 9.17) is 0 Å². The number of rotatable bonds is 0. The SMILES string of the molecule is O=C1Nc2ccccc2NC2=C1CCC=C2. The molecule has 80 valence electrons. The molecule has 0 spiro atoms. The summed E-state index contributed by atoms with van der Waals surface area (Å²) in [6.45, 7) is 0. The number of hydrogen-bond acceptors (Lipinski definition) is 2.